The molecule has 0 bridgehead atoms. The first-order chi connectivity index (χ1) is 15.1. The SMILES string of the molecule is CC1=[C-]C(C)([Si](c2ccccc2)(c2ccccc2)c2cccc([Si](C)(C)C)c2)C(C)=C1C.[Cl-].[Cl-].[Cl-].[Ti+4]. The molecule has 6 heteroatoms. The van der Waals surface area contributed by atoms with Crippen molar-refractivity contribution in [3.05, 3.63) is 108 Å². The molecule has 0 N–H and O–H groups in total. The average Bonchev–Trinajstić information content (AvgIpc) is 2.98. The summed E-state index contributed by atoms with van der Waals surface area (Å²) in [6, 6.07) is 32.2. The van der Waals surface area contributed by atoms with Crippen LogP contribution in [0.5, 0.6) is 0 Å². The fourth-order valence-electron chi connectivity index (χ4n) is 5.56. The van der Waals surface area contributed by atoms with Crippen LogP contribution in [-0.4, -0.2) is 16.1 Å². The smallest absolute Gasteiger partial charge is 1.00 e. The van der Waals surface area contributed by atoms with Crippen LogP contribution in [0.3, 0.4) is 0 Å². The van der Waals surface area contributed by atoms with Gasteiger partial charge in [-0.25, -0.2) is 5.57 Å². The summed E-state index contributed by atoms with van der Waals surface area (Å²) in [7, 11) is -4.01. The van der Waals surface area contributed by atoms with Crippen molar-refractivity contribution in [3.8, 4) is 0 Å². The molecule has 0 spiro atoms. The van der Waals surface area contributed by atoms with E-state index in [4.69, 9.17) is 0 Å². The maximum atomic E-state index is 4.04. The van der Waals surface area contributed by atoms with Crippen LogP contribution in [0, 0.1) is 6.08 Å². The molecule has 188 valence electrons. The minimum atomic E-state index is -2.54. The molecule has 0 heterocycles. The number of benzene rings is 3. The van der Waals surface area contributed by atoms with E-state index in [9.17, 15) is 0 Å². The van der Waals surface area contributed by atoms with Crippen molar-refractivity contribution < 1.29 is 58.9 Å². The second kappa shape index (κ2) is 13.3. The Labute approximate surface area is 254 Å². The molecule has 1 aliphatic carbocycles. The summed E-state index contributed by atoms with van der Waals surface area (Å²) in [5.74, 6) is 0. The predicted molar refractivity (Wildman–Crippen MR) is 146 cm³/mol. The fraction of sp³-hybridized carbons (Fsp3) is 0.267. The van der Waals surface area contributed by atoms with Crippen LogP contribution in [-0.2, 0) is 21.7 Å². The molecule has 0 amide bonds. The van der Waals surface area contributed by atoms with Crippen molar-refractivity contribution in [2.75, 3.05) is 0 Å². The molecule has 1 aliphatic rings. The molecule has 3 aromatic carbocycles. The number of halogens is 3. The molecular formula is C30H35Cl3Si2Ti. The van der Waals surface area contributed by atoms with Gasteiger partial charge in [-0.3, -0.25) is 6.08 Å². The van der Waals surface area contributed by atoms with Crippen LogP contribution < -0.4 is 58.0 Å². The van der Waals surface area contributed by atoms with E-state index in [1.165, 1.54) is 37.5 Å². The maximum Gasteiger partial charge on any atom is 4.00 e. The summed E-state index contributed by atoms with van der Waals surface area (Å²) in [6.07, 6.45) is 4.04. The molecule has 3 aromatic rings. The molecule has 0 aliphatic heterocycles. The van der Waals surface area contributed by atoms with Crippen molar-refractivity contribution in [1.29, 1.82) is 0 Å². The van der Waals surface area contributed by atoms with E-state index in [1.54, 1.807) is 0 Å². The Bertz CT molecular complexity index is 1160. The molecule has 0 nitrogen and oxygen atoms in total. The molecule has 0 aromatic heterocycles. The topological polar surface area (TPSA) is 0 Å². The molecule has 36 heavy (non-hydrogen) atoms. The molecule has 1 atom stereocenters. The van der Waals surface area contributed by atoms with E-state index in [0.717, 1.165) is 0 Å². The number of hydrogen-bond donors (Lipinski definition) is 0. The third-order valence-electron chi connectivity index (χ3n) is 7.64. The Morgan fingerprint density at radius 3 is 1.42 bits per heavy atom. The van der Waals surface area contributed by atoms with Crippen molar-refractivity contribution in [1.82, 2.24) is 0 Å². The summed E-state index contributed by atoms with van der Waals surface area (Å²) in [4.78, 5) is 0. The first-order valence-electron chi connectivity index (χ1n) is 11.6. The summed E-state index contributed by atoms with van der Waals surface area (Å²) in [5.41, 5.74) is 4.17. The zero-order valence-electron chi connectivity index (χ0n) is 22.2. The normalized spacial score (nSPS) is 17.1. The van der Waals surface area contributed by atoms with Crippen molar-refractivity contribution in [3.63, 3.8) is 0 Å². The van der Waals surface area contributed by atoms with E-state index in [2.05, 4.69) is 138 Å². The van der Waals surface area contributed by atoms with Crippen molar-refractivity contribution in [2.24, 2.45) is 0 Å². The third-order valence-corrected chi connectivity index (χ3v) is 15.3. The van der Waals surface area contributed by atoms with Gasteiger partial charge in [0.15, 0.2) is 0 Å². The van der Waals surface area contributed by atoms with Gasteiger partial charge < -0.3 is 37.2 Å². The first-order valence-corrected chi connectivity index (χ1v) is 17.1. The second-order valence-electron chi connectivity index (χ2n) is 10.4. The largest absolute Gasteiger partial charge is 4.00 e. The van der Waals surface area contributed by atoms with Gasteiger partial charge in [0, 0.05) is 0 Å². The fourth-order valence-corrected chi connectivity index (χ4v) is 12.8. The van der Waals surface area contributed by atoms with Gasteiger partial charge >= 0.3 is 21.7 Å². The van der Waals surface area contributed by atoms with Crippen LogP contribution in [0.4, 0.5) is 0 Å². The number of allylic oxidation sites excluding steroid dienone is 4. The second-order valence-corrected chi connectivity index (χ2v) is 19.7. The average molecular weight is 606 g/mol. The molecule has 0 saturated heterocycles. The van der Waals surface area contributed by atoms with Gasteiger partial charge in [-0.1, -0.05) is 136 Å². The van der Waals surface area contributed by atoms with Gasteiger partial charge in [0.1, 0.15) is 8.07 Å². The van der Waals surface area contributed by atoms with E-state index in [0.29, 0.717) is 0 Å². The van der Waals surface area contributed by atoms with E-state index in [-0.39, 0.29) is 64.0 Å². The molecule has 4 rings (SSSR count). The van der Waals surface area contributed by atoms with Crippen LogP contribution in [0.1, 0.15) is 27.7 Å². The Hall–Kier alpha value is -0.842. The summed E-state index contributed by atoms with van der Waals surface area (Å²) in [5, 5.41) is 5.76. The van der Waals surface area contributed by atoms with Gasteiger partial charge in [-0.05, 0) is 15.6 Å². The molecular weight excluding hydrogens is 571 g/mol. The number of hydrogen-bond acceptors (Lipinski definition) is 0. The monoisotopic (exact) mass is 604 g/mol. The minimum absolute atomic E-state index is 0. The quantitative estimate of drug-likeness (QED) is 0.162. The van der Waals surface area contributed by atoms with Gasteiger partial charge in [0.25, 0.3) is 0 Å². The Morgan fingerprint density at radius 1 is 0.611 bits per heavy atom. The van der Waals surface area contributed by atoms with E-state index in [1.807, 2.05) is 0 Å². The van der Waals surface area contributed by atoms with Gasteiger partial charge in [0.2, 0.25) is 0 Å². The predicted octanol–water partition coefficient (Wildman–Crippen LogP) is -3.43. The maximum absolute atomic E-state index is 4.04. The van der Waals surface area contributed by atoms with Crippen LogP contribution in [0.2, 0.25) is 24.7 Å². The van der Waals surface area contributed by atoms with Crippen molar-refractivity contribution in [2.45, 2.75) is 52.4 Å². The zero-order valence-corrected chi connectivity index (χ0v) is 28.0. The van der Waals surface area contributed by atoms with Crippen LogP contribution in [0.25, 0.3) is 0 Å². The van der Waals surface area contributed by atoms with Crippen LogP contribution in [0.15, 0.2) is 102 Å². The van der Waals surface area contributed by atoms with Gasteiger partial charge in [0.05, 0.1) is 8.07 Å². The van der Waals surface area contributed by atoms with E-state index >= 15 is 0 Å². The molecule has 0 radical (unpaired) electrons. The van der Waals surface area contributed by atoms with Crippen LogP contribution >= 0.6 is 0 Å². The zero-order chi connectivity index (χ0) is 23.1. The summed E-state index contributed by atoms with van der Waals surface area (Å²) < 4.78 is 0. The minimum Gasteiger partial charge on any atom is -1.00 e. The first kappa shape index (κ1) is 35.2. The van der Waals surface area contributed by atoms with Crippen molar-refractivity contribution >= 4 is 36.9 Å². The summed E-state index contributed by atoms with van der Waals surface area (Å²) >= 11 is 0. The summed E-state index contributed by atoms with van der Waals surface area (Å²) in [6.45, 7) is 16.6. The Morgan fingerprint density at radius 2 is 1.03 bits per heavy atom. The molecule has 0 fully saturated rings. The van der Waals surface area contributed by atoms with Gasteiger partial charge in [-0.15, -0.1) is 6.92 Å². The third kappa shape index (κ3) is 5.76. The Balaban J connectivity index is 0.00000306. The molecule has 0 saturated carbocycles. The van der Waals surface area contributed by atoms with Gasteiger partial charge in [-0.2, -0.15) is 11.1 Å². The standard InChI is InChI=1S/C30H35Si2.3ClH.Ti/c1-23-22-30(4,25(3)24(23)2)32(26-15-10-8-11-16-26,27-17-12-9-13-18-27)29-20-14-19-28(21-29)31(5,6)7;;;;/h8-21H,1-7H3;3*1H;/q-1;;;;+4/p-3. The number of rotatable bonds is 5. The Kier molecular flexibility index (Phi) is 13.0. The molecule has 1 unspecified atom stereocenters. The van der Waals surface area contributed by atoms with E-state index < -0.39 is 16.1 Å².